The number of hydrogen-bond donors (Lipinski definition) is 0. The van der Waals surface area contributed by atoms with Gasteiger partial charge in [0, 0.05) is 18.0 Å². The second-order valence-corrected chi connectivity index (χ2v) is 6.99. The highest BCUT2D eigenvalue weighted by Crippen LogP contribution is 2.34. The molecular formula is C19H17Cl2NO3. The van der Waals surface area contributed by atoms with Gasteiger partial charge < -0.3 is 9.64 Å². The van der Waals surface area contributed by atoms with Crippen LogP contribution in [0.25, 0.3) is 0 Å². The van der Waals surface area contributed by atoms with Crippen molar-refractivity contribution in [2.45, 2.75) is 20.3 Å². The Hall–Kier alpha value is -2.04. The molecule has 0 aromatic heterocycles. The van der Waals surface area contributed by atoms with Crippen molar-refractivity contribution < 1.29 is 14.3 Å². The number of anilines is 1. The number of amides is 1. The largest absolute Gasteiger partial charge is 0.426 e. The van der Waals surface area contributed by atoms with E-state index >= 15 is 0 Å². The minimum Gasteiger partial charge on any atom is -0.426 e. The van der Waals surface area contributed by atoms with Crippen molar-refractivity contribution in [2.24, 2.45) is 5.92 Å². The molecule has 1 saturated heterocycles. The van der Waals surface area contributed by atoms with Gasteiger partial charge in [0.1, 0.15) is 5.75 Å². The molecule has 2 aromatic carbocycles. The van der Waals surface area contributed by atoms with Gasteiger partial charge in [0.25, 0.3) is 0 Å². The first-order chi connectivity index (χ1) is 11.9. The van der Waals surface area contributed by atoms with Gasteiger partial charge in [0.05, 0.1) is 16.6 Å². The molecule has 0 radical (unpaired) electrons. The number of rotatable bonds is 3. The Labute approximate surface area is 156 Å². The first-order valence-electron chi connectivity index (χ1n) is 7.90. The molecule has 0 aliphatic carbocycles. The first kappa shape index (κ1) is 17.8. The normalized spacial score (nSPS) is 17.0. The zero-order valence-corrected chi connectivity index (χ0v) is 15.4. The molecule has 130 valence electrons. The number of ether oxygens (including phenoxy) is 1. The average Bonchev–Trinajstić information content (AvgIpc) is 2.95. The lowest BCUT2D eigenvalue weighted by Gasteiger charge is -2.18. The number of carbonyl (C=O) groups is 2. The van der Waals surface area contributed by atoms with Crippen molar-refractivity contribution in [3.05, 3.63) is 57.6 Å². The van der Waals surface area contributed by atoms with Crippen LogP contribution < -0.4 is 9.64 Å². The molecule has 6 heteroatoms. The first-order valence-corrected chi connectivity index (χ1v) is 8.65. The second-order valence-electron chi connectivity index (χ2n) is 6.14. The van der Waals surface area contributed by atoms with E-state index in [0.717, 1.165) is 11.1 Å². The van der Waals surface area contributed by atoms with Crippen LogP contribution >= 0.6 is 23.2 Å². The van der Waals surface area contributed by atoms with Gasteiger partial charge in [0.15, 0.2) is 0 Å². The van der Waals surface area contributed by atoms with Gasteiger partial charge in [-0.15, -0.1) is 0 Å². The molecule has 1 atom stereocenters. The van der Waals surface area contributed by atoms with E-state index in [1.807, 2.05) is 32.0 Å². The van der Waals surface area contributed by atoms with Gasteiger partial charge >= 0.3 is 5.97 Å². The summed E-state index contributed by atoms with van der Waals surface area (Å²) in [5, 5.41) is 0.898. The molecule has 0 N–H and O–H groups in total. The molecule has 0 bridgehead atoms. The lowest BCUT2D eigenvalue weighted by Crippen LogP contribution is -2.27. The summed E-state index contributed by atoms with van der Waals surface area (Å²) in [4.78, 5) is 26.4. The number of aryl methyl sites for hydroxylation is 2. The molecule has 1 fully saturated rings. The summed E-state index contributed by atoms with van der Waals surface area (Å²) in [6.07, 6.45) is 0.0899. The van der Waals surface area contributed by atoms with E-state index in [1.54, 1.807) is 18.2 Å². The minimum absolute atomic E-state index is 0.0899. The molecular weight excluding hydrogens is 361 g/mol. The van der Waals surface area contributed by atoms with E-state index in [-0.39, 0.29) is 18.9 Å². The molecule has 1 amide bonds. The Morgan fingerprint density at radius 2 is 1.84 bits per heavy atom. The van der Waals surface area contributed by atoms with Crippen LogP contribution in [0.1, 0.15) is 17.5 Å². The zero-order chi connectivity index (χ0) is 18.1. The van der Waals surface area contributed by atoms with Gasteiger partial charge in [-0.3, -0.25) is 9.59 Å². The summed E-state index contributed by atoms with van der Waals surface area (Å²) in [5.74, 6) is -0.570. The summed E-state index contributed by atoms with van der Waals surface area (Å²) in [6.45, 7) is 3.99. The van der Waals surface area contributed by atoms with E-state index in [4.69, 9.17) is 27.9 Å². The summed E-state index contributed by atoms with van der Waals surface area (Å²) >= 11 is 12.2. The van der Waals surface area contributed by atoms with E-state index in [1.165, 1.54) is 4.90 Å². The lowest BCUT2D eigenvalue weighted by atomic mass is 10.1. The monoisotopic (exact) mass is 377 g/mol. The van der Waals surface area contributed by atoms with Crippen LogP contribution in [0.15, 0.2) is 36.4 Å². The fraction of sp³-hybridized carbons (Fsp3) is 0.263. The third kappa shape index (κ3) is 3.65. The third-order valence-corrected chi connectivity index (χ3v) is 4.82. The maximum Gasteiger partial charge on any atom is 0.316 e. The Kier molecular flexibility index (Phi) is 5.02. The molecule has 1 aliphatic heterocycles. The van der Waals surface area contributed by atoms with E-state index in [0.29, 0.717) is 21.5 Å². The minimum atomic E-state index is -0.540. The zero-order valence-electron chi connectivity index (χ0n) is 13.9. The molecule has 0 saturated carbocycles. The van der Waals surface area contributed by atoms with Gasteiger partial charge in [-0.25, -0.2) is 0 Å². The molecule has 1 heterocycles. The predicted molar refractivity (Wildman–Crippen MR) is 98.5 cm³/mol. The molecule has 0 spiro atoms. The van der Waals surface area contributed by atoms with Crippen molar-refractivity contribution in [1.29, 1.82) is 0 Å². The van der Waals surface area contributed by atoms with E-state index in [9.17, 15) is 9.59 Å². The van der Waals surface area contributed by atoms with Crippen LogP contribution in [0.3, 0.4) is 0 Å². The quantitative estimate of drug-likeness (QED) is 0.581. The highest BCUT2D eigenvalue weighted by molar-refractivity contribution is 6.35. The summed E-state index contributed by atoms with van der Waals surface area (Å²) in [5.41, 5.74) is 2.28. The van der Waals surface area contributed by atoms with Crippen molar-refractivity contribution in [1.82, 2.24) is 0 Å². The van der Waals surface area contributed by atoms with Crippen molar-refractivity contribution in [2.75, 3.05) is 11.4 Å². The smallest absolute Gasteiger partial charge is 0.316 e. The van der Waals surface area contributed by atoms with Crippen LogP contribution in [0.5, 0.6) is 5.75 Å². The number of carbonyl (C=O) groups excluding carboxylic acids is 2. The van der Waals surface area contributed by atoms with Crippen LogP contribution in [-0.2, 0) is 9.59 Å². The fourth-order valence-electron chi connectivity index (χ4n) is 2.94. The maximum atomic E-state index is 12.5. The standard InChI is InChI=1S/C19H17Cl2NO3/c1-11-4-3-5-12(2)18(11)25-19(24)13-8-17(23)22(10-13)16-9-14(20)6-7-15(16)21/h3-7,9,13H,8,10H2,1-2H3/t13-/m1/s1. The molecule has 3 rings (SSSR count). The topological polar surface area (TPSA) is 46.6 Å². The van der Waals surface area contributed by atoms with Crippen molar-refractivity contribution >= 4 is 40.8 Å². The molecule has 1 aliphatic rings. The maximum absolute atomic E-state index is 12.5. The molecule has 2 aromatic rings. The lowest BCUT2D eigenvalue weighted by molar-refractivity contribution is -0.139. The van der Waals surface area contributed by atoms with Crippen molar-refractivity contribution in [3.63, 3.8) is 0 Å². The number of nitrogens with zero attached hydrogens (tertiary/aromatic N) is 1. The Morgan fingerprint density at radius 1 is 1.16 bits per heavy atom. The van der Waals surface area contributed by atoms with Crippen molar-refractivity contribution in [3.8, 4) is 5.75 Å². The van der Waals surface area contributed by atoms with Crippen LogP contribution in [0.2, 0.25) is 10.0 Å². The van der Waals surface area contributed by atoms with E-state index in [2.05, 4.69) is 0 Å². The van der Waals surface area contributed by atoms with Crippen LogP contribution in [-0.4, -0.2) is 18.4 Å². The number of esters is 1. The fourth-order valence-corrected chi connectivity index (χ4v) is 3.32. The molecule has 25 heavy (non-hydrogen) atoms. The van der Waals surface area contributed by atoms with Crippen LogP contribution in [0.4, 0.5) is 5.69 Å². The number of hydrogen-bond acceptors (Lipinski definition) is 3. The summed E-state index contributed by atoms with van der Waals surface area (Å²) in [6, 6.07) is 10.6. The Balaban J connectivity index is 1.78. The van der Waals surface area contributed by atoms with E-state index < -0.39 is 11.9 Å². The van der Waals surface area contributed by atoms with Gasteiger partial charge in [0.2, 0.25) is 5.91 Å². The van der Waals surface area contributed by atoms with Crippen LogP contribution in [0, 0.1) is 19.8 Å². The Morgan fingerprint density at radius 3 is 2.52 bits per heavy atom. The SMILES string of the molecule is Cc1cccc(C)c1OC(=O)[C@@H]1CC(=O)N(c2cc(Cl)ccc2Cl)C1. The highest BCUT2D eigenvalue weighted by atomic mass is 35.5. The van der Waals surface area contributed by atoms with Gasteiger partial charge in [-0.05, 0) is 43.2 Å². The predicted octanol–water partition coefficient (Wildman–Crippen LogP) is 4.57. The highest BCUT2D eigenvalue weighted by Gasteiger charge is 2.37. The Bertz CT molecular complexity index is 830. The number of halogens is 2. The summed E-state index contributed by atoms with van der Waals surface area (Å²) in [7, 11) is 0. The summed E-state index contributed by atoms with van der Waals surface area (Å²) < 4.78 is 5.57. The number of para-hydroxylation sites is 1. The average molecular weight is 378 g/mol. The van der Waals surface area contributed by atoms with Gasteiger partial charge in [-0.1, -0.05) is 41.4 Å². The second kappa shape index (κ2) is 7.06. The number of benzene rings is 2. The molecule has 4 nitrogen and oxygen atoms in total. The molecule has 0 unspecified atom stereocenters. The third-order valence-electron chi connectivity index (χ3n) is 4.27. The van der Waals surface area contributed by atoms with Gasteiger partial charge in [-0.2, -0.15) is 0 Å².